The summed E-state index contributed by atoms with van der Waals surface area (Å²) in [4.78, 5) is 3.92. The molecule has 1 rings (SSSR count). The first kappa shape index (κ1) is 16.3. The molecule has 20 heavy (non-hydrogen) atoms. The summed E-state index contributed by atoms with van der Waals surface area (Å²) in [6.07, 6.45) is 1.47. The third-order valence-corrected chi connectivity index (χ3v) is 3.10. The largest absolute Gasteiger partial charge is 0.493 e. The fraction of sp³-hybridized carbons (Fsp3) is 0.417. The smallest absolute Gasteiger partial charge is 0.266 e. The van der Waals surface area contributed by atoms with Crippen LogP contribution in [0.25, 0.3) is 0 Å². The molecule has 8 heteroatoms. The SMILES string of the molecule is COc1cc(C=NCCS(=O)(=O)O)cc(OC)c1OC. The number of hydrogen-bond donors (Lipinski definition) is 1. The van der Waals surface area contributed by atoms with Crippen LogP contribution < -0.4 is 14.2 Å². The Morgan fingerprint density at radius 2 is 1.70 bits per heavy atom. The van der Waals surface area contributed by atoms with Gasteiger partial charge >= 0.3 is 0 Å². The Morgan fingerprint density at radius 1 is 1.15 bits per heavy atom. The predicted octanol–water partition coefficient (Wildman–Crippen LogP) is 1.02. The van der Waals surface area contributed by atoms with Crippen LogP contribution in [0.3, 0.4) is 0 Å². The van der Waals surface area contributed by atoms with E-state index in [0.717, 1.165) is 0 Å². The van der Waals surface area contributed by atoms with Crippen LogP contribution >= 0.6 is 0 Å². The zero-order valence-electron chi connectivity index (χ0n) is 11.5. The first-order chi connectivity index (χ1) is 9.41. The van der Waals surface area contributed by atoms with E-state index < -0.39 is 15.9 Å². The van der Waals surface area contributed by atoms with Crippen molar-refractivity contribution in [1.29, 1.82) is 0 Å². The molecule has 7 nitrogen and oxygen atoms in total. The first-order valence-corrected chi connectivity index (χ1v) is 7.27. The van der Waals surface area contributed by atoms with Crippen LogP contribution in [-0.4, -0.2) is 52.8 Å². The number of rotatable bonds is 7. The average Bonchev–Trinajstić information content (AvgIpc) is 2.41. The van der Waals surface area contributed by atoms with E-state index >= 15 is 0 Å². The second-order valence-electron chi connectivity index (χ2n) is 3.78. The van der Waals surface area contributed by atoms with Crippen molar-refractivity contribution in [2.24, 2.45) is 4.99 Å². The Labute approximate surface area is 117 Å². The maximum atomic E-state index is 10.6. The monoisotopic (exact) mass is 303 g/mol. The Kier molecular flexibility index (Phi) is 5.78. The predicted molar refractivity (Wildman–Crippen MR) is 75.0 cm³/mol. The van der Waals surface area contributed by atoms with Gasteiger partial charge in [0.25, 0.3) is 10.1 Å². The van der Waals surface area contributed by atoms with Crippen LogP contribution in [-0.2, 0) is 10.1 Å². The lowest BCUT2D eigenvalue weighted by molar-refractivity contribution is 0.324. The summed E-state index contributed by atoms with van der Waals surface area (Å²) in [7, 11) is 0.495. The number of ether oxygens (including phenoxy) is 3. The summed E-state index contributed by atoms with van der Waals surface area (Å²) < 4.78 is 45.2. The fourth-order valence-electron chi connectivity index (χ4n) is 1.51. The van der Waals surface area contributed by atoms with Crippen molar-refractivity contribution >= 4 is 16.3 Å². The molecule has 1 N–H and O–H groups in total. The first-order valence-electron chi connectivity index (χ1n) is 5.66. The van der Waals surface area contributed by atoms with Crippen molar-refractivity contribution in [2.75, 3.05) is 33.6 Å². The molecule has 0 bridgehead atoms. The number of methoxy groups -OCH3 is 3. The van der Waals surface area contributed by atoms with Gasteiger partial charge in [-0.15, -0.1) is 0 Å². The molecule has 1 aromatic carbocycles. The highest BCUT2D eigenvalue weighted by Gasteiger charge is 2.12. The normalized spacial score (nSPS) is 11.6. The van der Waals surface area contributed by atoms with E-state index in [-0.39, 0.29) is 6.54 Å². The van der Waals surface area contributed by atoms with Crippen molar-refractivity contribution < 1.29 is 27.2 Å². The van der Waals surface area contributed by atoms with Crippen molar-refractivity contribution in [2.45, 2.75) is 0 Å². The van der Waals surface area contributed by atoms with Crippen LogP contribution in [0.2, 0.25) is 0 Å². The van der Waals surface area contributed by atoms with E-state index in [2.05, 4.69) is 4.99 Å². The third kappa shape index (κ3) is 4.71. The van der Waals surface area contributed by atoms with Crippen LogP contribution in [0.1, 0.15) is 5.56 Å². The van der Waals surface area contributed by atoms with E-state index in [1.54, 1.807) is 12.1 Å². The molecule has 0 spiro atoms. The van der Waals surface area contributed by atoms with Gasteiger partial charge in [0.15, 0.2) is 11.5 Å². The molecule has 0 aliphatic heterocycles. The Balaban J connectivity index is 2.93. The molecule has 0 radical (unpaired) electrons. The van der Waals surface area contributed by atoms with Gasteiger partial charge in [0.2, 0.25) is 5.75 Å². The number of hydrogen-bond acceptors (Lipinski definition) is 6. The van der Waals surface area contributed by atoms with E-state index in [1.165, 1.54) is 27.5 Å². The zero-order chi connectivity index (χ0) is 15.2. The molecule has 0 aliphatic carbocycles. The Hall–Kier alpha value is -1.80. The van der Waals surface area contributed by atoms with Gasteiger partial charge in [-0.25, -0.2) is 0 Å². The fourth-order valence-corrected chi connectivity index (χ4v) is 1.85. The molecule has 0 fully saturated rings. The lowest BCUT2D eigenvalue weighted by Gasteiger charge is -2.12. The van der Waals surface area contributed by atoms with Gasteiger partial charge in [0.1, 0.15) is 0 Å². The number of nitrogens with zero attached hydrogens (tertiary/aromatic N) is 1. The molecule has 112 valence electrons. The lowest BCUT2D eigenvalue weighted by Crippen LogP contribution is -2.06. The topological polar surface area (TPSA) is 94.4 Å². The summed E-state index contributed by atoms with van der Waals surface area (Å²) in [5, 5.41) is 0. The zero-order valence-corrected chi connectivity index (χ0v) is 12.3. The molecule has 0 aliphatic rings. The molecular formula is C12H17NO6S. The quantitative estimate of drug-likeness (QED) is 0.597. The number of benzene rings is 1. The minimum atomic E-state index is -4.00. The van der Waals surface area contributed by atoms with Gasteiger partial charge in [-0.05, 0) is 17.7 Å². The number of aliphatic imine (C=N–C) groups is 1. The highest BCUT2D eigenvalue weighted by Crippen LogP contribution is 2.37. The molecule has 1 aromatic rings. The maximum absolute atomic E-state index is 10.6. The van der Waals surface area contributed by atoms with E-state index in [0.29, 0.717) is 22.8 Å². The summed E-state index contributed by atoms with van der Waals surface area (Å²) in [5.41, 5.74) is 0.662. The van der Waals surface area contributed by atoms with Gasteiger partial charge < -0.3 is 14.2 Å². The van der Waals surface area contributed by atoms with Gasteiger partial charge in [0, 0.05) is 6.21 Å². The molecule has 0 aromatic heterocycles. The second-order valence-corrected chi connectivity index (χ2v) is 5.35. The molecule has 0 atom stereocenters. The summed E-state index contributed by atoms with van der Waals surface area (Å²) in [6, 6.07) is 3.36. The van der Waals surface area contributed by atoms with Gasteiger partial charge in [-0.3, -0.25) is 9.55 Å². The highest BCUT2D eigenvalue weighted by molar-refractivity contribution is 7.85. The minimum absolute atomic E-state index is 0.0322. The summed E-state index contributed by atoms with van der Waals surface area (Å²) in [5.74, 6) is 0.990. The molecular weight excluding hydrogens is 286 g/mol. The van der Waals surface area contributed by atoms with Crippen molar-refractivity contribution in [3.8, 4) is 17.2 Å². The standard InChI is InChI=1S/C12H17NO6S/c1-17-10-6-9(7-11(18-2)12(10)19-3)8-13-4-5-20(14,15)16/h6-8H,4-5H2,1-3H3,(H,14,15,16). The Bertz CT molecular complexity index is 557. The van der Waals surface area contributed by atoms with E-state index in [9.17, 15) is 8.42 Å². The van der Waals surface area contributed by atoms with Crippen LogP contribution in [0.5, 0.6) is 17.2 Å². The van der Waals surface area contributed by atoms with Crippen molar-refractivity contribution in [1.82, 2.24) is 0 Å². The summed E-state index contributed by atoms with van der Waals surface area (Å²) >= 11 is 0. The molecule has 0 unspecified atom stereocenters. The molecule has 0 amide bonds. The van der Waals surface area contributed by atoms with Crippen molar-refractivity contribution in [3.63, 3.8) is 0 Å². The minimum Gasteiger partial charge on any atom is -0.493 e. The lowest BCUT2D eigenvalue weighted by atomic mass is 10.2. The van der Waals surface area contributed by atoms with Gasteiger partial charge in [-0.1, -0.05) is 0 Å². The second kappa shape index (κ2) is 7.11. The Morgan fingerprint density at radius 3 is 2.10 bits per heavy atom. The maximum Gasteiger partial charge on any atom is 0.266 e. The van der Waals surface area contributed by atoms with Crippen molar-refractivity contribution in [3.05, 3.63) is 17.7 Å². The average molecular weight is 303 g/mol. The van der Waals surface area contributed by atoms with Crippen LogP contribution in [0, 0.1) is 0 Å². The highest BCUT2D eigenvalue weighted by atomic mass is 32.2. The molecule has 0 saturated carbocycles. The van der Waals surface area contributed by atoms with Crippen LogP contribution in [0.15, 0.2) is 17.1 Å². The van der Waals surface area contributed by atoms with E-state index in [4.69, 9.17) is 18.8 Å². The van der Waals surface area contributed by atoms with Crippen LogP contribution in [0.4, 0.5) is 0 Å². The molecule has 0 heterocycles. The third-order valence-electron chi connectivity index (χ3n) is 2.41. The van der Waals surface area contributed by atoms with E-state index in [1.807, 2.05) is 0 Å². The van der Waals surface area contributed by atoms with Gasteiger partial charge in [-0.2, -0.15) is 8.42 Å². The van der Waals surface area contributed by atoms with Gasteiger partial charge in [0.05, 0.1) is 33.6 Å². The molecule has 0 saturated heterocycles. The summed E-state index contributed by atoms with van der Waals surface area (Å²) in [6.45, 7) is -0.0322.